The van der Waals surface area contributed by atoms with Crippen molar-refractivity contribution < 1.29 is 4.79 Å². The summed E-state index contributed by atoms with van der Waals surface area (Å²) >= 11 is 1.51. The molecule has 2 aliphatic rings. The summed E-state index contributed by atoms with van der Waals surface area (Å²) in [4.78, 5) is 12.6. The Bertz CT molecular complexity index is 802. The maximum atomic E-state index is 12.6. The second kappa shape index (κ2) is 8.68. The number of nitrogens with zero attached hydrogens (tertiary/aromatic N) is 3. The fourth-order valence-corrected chi connectivity index (χ4v) is 4.89. The van der Waals surface area contributed by atoms with E-state index in [0.717, 1.165) is 23.9 Å². The standard InChI is InChI=1S/C22H30N4OS/c1-15-7-6-10-19(16(15)2)23-20(27)14-28-22-25-24-21(18-11-12-18)26(22)13-17-8-4-3-5-9-17/h3-5,8-9,15-16,18-19H,6-7,10-14H2,1-2H3,(H,23,27)/t15-,16-,19+/m1/s1. The van der Waals surface area contributed by atoms with Gasteiger partial charge in [-0.3, -0.25) is 4.79 Å². The number of hydrogen-bond acceptors (Lipinski definition) is 4. The molecule has 2 saturated carbocycles. The van der Waals surface area contributed by atoms with Crippen LogP contribution in [0.4, 0.5) is 0 Å². The third-order valence-electron chi connectivity index (χ3n) is 6.26. The molecule has 1 heterocycles. The molecule has 0 unspecified atom stereocenters. The zero-order valence-corrected chi connectivity index (χ0v) is 17.6. The zero-order valence-electron chi connectivity index (χ0n) is 16.8. The van der Waals surface area contributed by atoms with Gasteiger partial charge in [0.25, 0.3) is 0 Å². The second-order valence-corrected chi connectivity index (χ2v) is 9.36. The quantitative estimate of drug-likeness (QED) is 0.709. The summed E-state index contributed by atoms with van der Waals surface area (Å²) in [7, 11) is 0. The summed E-state index contributed by atoms with van der Waals surface area (Å²) < 4.78 is 2.20. The number of carbonyl (C=O) groups excluding carboxylic acids is 1. The van der Waals surface area contributed by atoms with Crippen LogP contribution in [0.2, 0.25) is 0 Å². The van der Waals surface area contributed by atoms with Crippen molar-refractivity contribution in [2.45, 2.75) is 69.6 Å². The molecule has 5 nitrogen and oxygen atoms in total. The number of nitrogens with one attached hydrogen (secondary N) is 1. The van der Waals surface area contributed by atoms with Crippen LogP contribution in [-0.4, -0.2) is 32.5 Å². The molecule has 28 heavy (non-hydrogen) atoms. The van der Waals surface area contributed by atoms with Crippen LogP contribution in [0.15, 0.2) is 35.5 Å². The second-order valence-electron chi connectivity index (χ2n) is 8.42. The van der Waals surface area contributed by atoms with Crippen LogP contribution >= 0.6 is 11.8 Å². The Labute approximate surface area is 171 Å². The lowest BCUT2D eigenvalue weighted by Crippen LogP contribution is -2.44. The molecule has 1 aromatic carbocycles. The van der Waals surface area contributed by atoms with Crippen molar-refractivity contribution in [2.75, 3.05) is 5.75 Å². The van der Waals surface area contributed by atoms with Gasteiger partial charge in [-0.2, -0.15) is 0 Å². The van der Waals surface area contributed by atoms with Gasteiger partial charge in [0.05, 0.1) is 12.3 Å². The fraction of sp³-hybridized carbons (Fsp3) is 0.591. The average molecular weight is 399 g/mol. The highest BCUT2D eigenvalue weighted by Crippen LogP contribution is 2.40. The molecule has 4 rings (SSSR count). The number of rotatable bonds is 7. The topological polar surface area (TPSA) is 59.8 Å². The Morgan fingerprint density at radius 3 is 2.68 bits per heavy atom. The number of aromatic nitrogens is 3. The predicted molar refractivity (Wildman–Crippen MR) is 112 cm³/mol. The number of thioether (sulfide) groups is 1. The van der Waals surface area contributed by atoms with E-state index >= 15 is 0 Å². The minimum Gasteiger partial charge on any atom is -0.352 e. The van der Waals surface area contributed by atoms with Crippen molar-refractivity contribution in [3.63, 3.8) is 0 Å². The Morgan fingerprint density at radius 2 is 1.93 bits per heavy atom. The minimum absolute atomic E-state index is 0.109. The SMILES string of the molecule is C[C@@H]1[C@H](C)CCC[C@@H]1NC(=O)CSc1nnc(C2CC2)n1Cc1ccccc1. The van der Waals surface area contributed by atoms with Gasteiger partial charge in [0.1, 0.15) is 5.82 Å². The lowest BCUT2D eigenvalue weighted by atomic mass is 9.78. The van der Waals surface area contributed by atoms with Crippen molar-refractivity contribution >= 4 is 17.7 Å². The third-order valence-corrected chi connectivity index (χ3v) is 7.22. The molecule has 0 spiro atoms. The molecule has 0 aliphatic heterocycles. The van der Waals surface area contributed by atoms with E-state index in [2.05, 4.69) is 58.2 Å². The number of hydrogen-bond donors (Lipinski definition) is 1. The Kier molecular flexibility index (Phi) is 6.04. The van der Waals surface area contributed by atoms with E-state index in [0.29, 0.717) is 29.5 Å². The van der Waals surface area contributed by atoms with Crippen LogP contribution < -0.4 is 5.32 Å². The minimum atomic E-state index is 0.109. The van der Waals surface area contributed by atoms with E-state index in [1.165, 1.54) is 43.0 Å². The van der Waals surface area contributed by atoms with E-state index in [-0.39, 0.29) is 5.91 Å². The number of amides is 1. The molecular weight excluding hydrogens is 368 g/mol. The summed E-state index contributed by atoms with van der Waals surface area (Å²) in [5, 5.41) is 13.0. The Balaban J connectivity index is 1.39. The van der Waals surface area contributed by atoms with Crippen LogP contribution in [0.5, 0.6) is 0 Å². The summed E-state index contributed by atoms with van der Waals surface area (Å²) in [6.45, 7) is 5.32. The van der Waals surface area contributed by atoms with Gasteiger partial charge in [0.2, 0.25) is 5.91 Å². The van der Waals surface area contributed by atoms with Crippen molar-refractivity contribution in [1.82, 2.24) is 20.1 Å². The summed E-state index contributed by atoms with van der Waals surface area (Å²) in [6.07, 6.45) is 5.96. The van der Waals surface area contributed by atoms with Gasteiger partial charge in [-0.15, -0.1) is 10.2 Å². The molecule has 1 aromatic heterocycles. The zero-order chi connectivity index (χ0) is 19.5. The normalized spacial score (nSPS) is 24.9. The molecule has 0 saturated heterocycles. The van der Waals surface area contributed by atoms with E-state index < -0.39 is 0 Å². The van der Waals surface area contributed by atoms with E-state index in [1.807, 2.05) is 6.07 Å². The highest BCUT2D eigenvalue weighted by molar-refractivity contribution is 7.99. The lowest BCUT2D eigenvalue weighted by molar-refractivity contribution is -0.120. The molecule has 0 bridgehead atoms. The maximum absolute atomic E-state index is 12.6. The monoisotopic (exact) mass is 398 g/mol. The van der Waals surface area contributed by atoms with Crippen LogP contribution in [0, 0.1) is 11.8 Å². The maximum Gasteiger partial charge on any atom is 0.230 e. The molecule has 1 amide bonds. The fourth-order valence-electron chi connectivity index (χ4n) is 4.13. The van der Waals surface area contributed by atoms with Crippen molar-refractivity contribution in [1.29, 1.82) is 0 Å². The first-order chi connectivity index (χ1) is 13.6. The average Bonchev–Trinajstić information content (AvgIpc) is 3.47. The molecule has 0 radical (unpaired) electrons. The molecule has 2 fully saturated rings. The molecule has 2 aromatic rings. The lowest BCUT2D eigenvalue weighted by Gasteiger charge is -2.34. The Morgan fingerprint density at radius 1 is 1.14 bits per heavy atom. The van der Waals surface area contributed by atoms with E-state index in [4.69, 9.17) is 0 Å². The van der Waals surface area contributed by atoms with E-state index in [9.17, 15) is 4.79 Å². The Hall–Kier alpha value is -1.82. The molecule has 3 atom stereocenters. The van der Waals surface area contributed by atoms with Gasteiger partial charge in [-0.25, -0.2) is 0 Å². The van der Waals surface area contributed by atoms with Gasteiger partial charge >= 0.3 is 0 Å². The van der Waals surface area contributed by atoms with Crippen LogP contribution in [0.25, 0.3) is 0 Å². The first kappa shape index (κ1) is 19.5. The number of benzene rings is 1. The van der Waals surface area contributed by atoms with Gasteiger partial charge in [-0.05, 0) is 36.7 Å². The number of carbonyl (C=O) groups is 1. The summed E-state index contributed by atoms with van der Waals surface area (Å²) in [5.74, 6) is 3.34. The smallest absolute Gasteiger partial charge is 0.230 e. The molecule has 2 aliphatic carbocycles. The van der Waals surface area contributed by atoms with Crippen molar-refractivity contribution in [3.05, 3.63) is 41.7 Å². The van der Waals surface area contributed by atoms with Gasteiger partial charge in [0.15, 0.2) is 5.16 Å². The molecule has 1 N–H and O–H groups in total. The largest absolute Gasteiger partial charge is 0.352 e. The van der Waals surface area contributed by atoms with Crippen molar-refractivity contribution in [2.24, 2.45) is 11.8 Å². The van der Waals surface area contributed by atoms with Crippen LogP contribution in [0.3, 0.4) is 0 Å². The van der Waals surface area contributed by atoms with E-state index in [1.54, 1.807) is 0 Å². The van der Waals surface area contributed by atoms with Gasteiger partial charge in [0, 0.05) is 12.0 Å². The summed E-state index contributed by atoms with van der Waals surface area (Å²) in [5.41, 5.74) is 1.24. The van der Waals surface area contributed by atoms with Gasteiger partial charge in [-0.1, -0.05) is 68.8 Å². The van der Waals surface area contributed by atoms with Crippen LogP contribution in [-0.2, 0) is 11.3 Å². The first-order valence-corrected chi connectivity index (χ1v) is 11.5. The van der Waals surface area contributed by atoms with Crippen LogP contribution in [0.1, 0.15) is 63.3 Å². The molecule has 150 valence electrons. The molecular formula is C22H30N4OS. The molecule has 6 heteroatoms. The first-order valence-electron chi connectivity index (χ1n) is 10.5. The summed E-state index contributed by atoms with van der Waals surface area (Å²) in [6, 6.07) is 10.7. The highest BCUT2D eigenvalue weighted by atomic mass is 32.2. The third kappa shape index (κ3) is 4.59. The van der Waals surface area contributed by atoms with Gasteiger partial charge < -0.3 is 9.88 Å². The highest BCUT2D eigenvalue weighted by Gasteiger charge is 2.31. The predicted octanol–water partition coefficient (Wildman–Crippen LogP) is 4.24. The van der Waals surface area contributed by atoms with Crippen molar-refractivity contribution in [3.8, 4) is 0 Å².